The van der Waals surface area contributed by atoms with Gasteiger partial charge in [-0.3, -0.25) is 0 Å². The highest BCUT2D eigenvalue weighted by Crippen LogP contribution is 2.37. The zero-order valence-corrected chi connectivity index (χ0v) is 10.2. The van der Waals surface area contributed by atoms with Gasteiger partial charge in [-0.2, -0.15) is 5.10 Å². The van der Waals surface area contributed by atoms with E-state index in [0.29, 0.717) is 0 Å². The van der Waals surface area contributed by atoms with Gasteiger partial charge in [0, 0.05) is 25.7 Å². The molecular weight excluding hydrogens is 200 g/mol. The van der Waals surface area contributed by atoms with E-state index in [1.54, 1.807) is 0 Å². The molecule has 0 amide bonds. The Morgan fingerprint density at radius 2 is 2.31 bits per heavy atom. The highest BCUT2D eigenvalue weighted by Gasteiger charge is 2.32. The second-order valence-corrected chi connectivity index (χ2v) is 4.80. The maximum atomic E-state index is 4.63. The maximum absolute atomic E-state index is 4.63. The van der Waals surface area contributed by atoms with Gasteiger partial charge in [-0.25, -0.2) is 4.68 Å². The number of nitrogens with zero attached hydrogens (tertiary/aromatic N) is 3. The second-order valence-electron chi connectivity index (χ2n) is 4.80. The van der Waals surface area contributed by atoms with Crippen LogP contribution in [0.5, 0.6) is 0 Å². The standard InChI is InChI=1S/C12H20N4/c1-3-16-12-11(9(2)14-16)13-7-6-10-5-4-8-15(10)12/h10,13H,3-8H2,1-2H3. The molecule has 1 fully saturated rings. The third-order valence-corrected chi connectivity index (χ3v) is 3.83. The molecule has 1 saturated heterocycles. The number of fused-ring (bicyclic) bond motifs is 3. The van der Waals surface area contributed by atoms with Crippen molar-refractivity contribution in [3.8, 4) is 0 Å². The molecule has 1 N–H and O–H groups in total. The van der Waals surface area contributed by atoms with Gasteiger partial charge in [0.15, 0.2) is 5.82 Å². The van der Waals surface area contributed by atoms with E-state index in [2.05, 4.69) is 33.8 Å². The van der Waals surface area contributed by atoms with E-state index in [4.69, 9.17) is 0 Å². The highest BCUT2D eigenvalue weighted by molar-refractivity contribution is 5.70. The zero-order chi connectivity index (χ0) is 11.1. The van der Waals surface area contributed by atoms with Crippen LogP contribution in [0.2, 0.25) is 0 Å². The number of aryl methyl sites for hydroxylation is 2. The number of rotatable bonds is 1. The Kier molecular flexibility index (Phi) is 2.30. The summed E-state index contributed by atoms with van der Waals surface area (Å²) in [4.78, 5) is 2.57. The molecule has 2 aliphatic heterocycles. The first-order chi connectivity index (χ1) is 7.81. The van der Waals surface area contributed by atoms with E-state index < -0.39 is 0 Å². The molecule has 0 saturated carbocycles. The summed E-state index contributed by atoms with van der Waals surface area (Å²) in [6.45, 7) is 7.52. The van der Waals surface area contributed by atoms with Crippen LogP contribution in [0.4, 0.5) is 11.5 Å². The monoisotopic (exact) mass is 220 g/mol. The molecule has 1 unspecified atom stereocenters. The van der Waals surface area contributed by atoms with Crippen molar-refractivity contribution < 1.29 is 0 Å². The molecule has 0 spiro atoms. The summed E-state index contributed by atoms with van der Waals surface area (Å²) in [5.41, 5.74) is 2.41. The minimum atomic E-state index is 0.732. The Bertz CT molecular complexity index is 396. The van der Waals surface area contributed by atoms with Crippen molar-refractivity contribution in [2.75, 3.05) is 23.3 Å². The van der Waals surface area contributed by atoms with Crippen molar-refractivity contribution in [2.24, 2.45) is 0 Å². The molecule has 1 aromatic heterocycles. The fourth-order valence-corrected chi connectivity index (χ4v) is 3.07. The smallest absolute Gasteiger partial charge is 0.151 e. The topological polar surface area (TPSA) is 33.1 Å². The van der Waals surface area contributed by atoms with Crippen LogP contribution in [0.3, 0.4) is 0 Å². The molecule has 0 aliphatic carbocycles. The van der Waals surface area contributed by atoms with Gasteiger partial charge in [0.25, 0.3) is 0 Å². The number of anilines is 2. The van der Waals surface area contributed by atoms with Gasteiger partial charge in [-0.15, -0.1) is 0 Å². The first kappa shape index (κ1) is 10.00. The zero-order valence-electron chi connectivity index (χ0n) is 10.2. The van der Waals surface area contributed by atoms with Crippen LogP contribution >= 0.6 is 0 Å². The molecule has 16 heavy (non-hydrogen) atoms. The number of nitrogens with one attached hydrogen (secondary N) is 1. The summed E-state index contributed by atoms with van der Waals surface area (Å²) in [6.07, 6.45) is 3.94. The van der Waals surface area contributed by atoms with Gasteiger partial charge in [0.1, 0.15) is 5.69 Å². The first-order valence-electron chi connectivity index (χ1n) is 6.39. The number of hydrogen-bond acceptors (Lipinski definition) is 3. The summed E-state index contributed by atoms with van der Waals surface area (Å²) >= 11 is 0. The Balaban J connectivity index is 2.10. The van der Waals surface area contributed by atoms with Crippen LogP contribution in [-0.2, 0) is 6.54 Å². The maximum Gasteiger partial charge on any atom is 0.151 e. The third kappa shape index (κ3) is 1.32. The normalized spacial score (nSPS) is 23.6. The van der Waals surface area contributed by atoms with Gasteiger partial charge in [0.2, 0.25) is 0 Å². The molecule has 1 atom stereocenters. The Morgan fingerprint density at radius 1 is 1.44 bits per heavy atom. The molecule has 4 nitrogen and oxygen atoms in total. The van der Waals surface area contributed by atoms with Crippen molar-refractivity contribution in [3.05, 3.63) is 5.69 Å². The SMILES string of the molecule is CCn1nc(C)c2c1N1CCCC1CCN2. The second kappa shape index (κ2) is 3.68. The quantitative estimate of drug-likeness (QED) is 0.785. The molecule has 3 rings (SSSR count). The molecule has 3 heterocycles. The van der Waals surface area contributed by atoms with Crippen molar-refractivity contribution in [3.63, 3.8) is 0 Å². The highest BCUT2D eigenvalue weighted by atomic mass is 15.4. The molecule has 4 heteroatoms. The molecule has 0 radical (unpaired) electrons. The van der Waals surface area contributed by atoms with E-state index in [9.17, 15) is 0 Å². The van der Waals surface area contributed by atoms with Gasteiger partial charge in [0.05, 0.1) is 5.69 Å². The predicted molar refractivity (Wildman–Crippen MR) is 66.1 cm³/mol. The average molecular weight is 220 g/mol. The molecule has 1 aromatic rings. The van der Waals surface area contributed by atoms with Crippen molar-refractivity contribution in [1.29, 1.82) is 0 Å². The Labute approximate surface area is 96.6 Å². The van der Waals surface area contributed by atoms with Gasteiger partial charge < -0.3 is 10.2 Å². The van der Waals surface area contributed by atoms with Crippen LogP contribution in [0.25, 0.3) is 0 Å². The van der Waals surface area contributed by atoms with Gasteiger partial charge >= 0.3 is 0 Å². The minimum Gasteiger partial charge on any atom is -0.380 e. The van der Waals surface area contributed by atoms with Crippen LogP contribution in [0.15, 0.2) is 0 Å². The average Bonchev–Trinajstić information content (AvgIpc) is 2.80. The van der Waals surface area contributed by atoms with E-state index in [1.165, 1.54) is 37.3 Å². The molecular formula is C12H20N4. The number of hydrogen-bond donors (Lipinski definition) is 1. The fraction of sp³-hybridized carbons (Fsp3) is 0.750. The molecule has 88 valence electrons. The minimum absolute atomic E-state index is 0.732. The summed E-state index contributed by atoms with van der Waals surface area (Å²) < 4.78 is 2.15. The number of aromatic nitrogens is 2. The first-order valence-corrected chi connectivity index (χ1v) is 6.39. The fourth-order valence-electron chi connectivity index (χ4n) is 3.07. The lowest BCUT2D eigenvalue weighted by Crippen LogP contribution is -2.30. The lowest BCUT2D eigenvalue weighted by Gasteiger charge is -2.25. The Hall–Kier alpha value is -1.19. The lowest BCUT2D eigenvalue weighted by molar-refractivity contribution is 0.593. The van der Waals surface area contributed by atoms with Crippen molar-refractivity contribution in [1.82, 2.24) is 9.78 Å². The third-order valence-electron chi connectivity index (χ3n) is 3.83. The van der Waals surface area contributed by atoms with E-state index in [1.807, 2.05) is 0 Å². The van der Waals surface area contributed by atoms with E-state index in [0.717, 1.165) is 24.8 Å². The summed E-state index contributed by atoms with van der Waals surface area (Å²) in [5, 5.41) is 8.18. The molecule has 0 aromatic carbocycles. The lowest BCUT2D eigenvalue weighted by atomic mass is 10.1. The van der Waals surface area contributed by atoms with Crippen LogP contribution in [-0.4, -0.2) is 28.9 Å². The summed E-state index contributed by atoms with van der Waals surface area (Å²) in [5.74, 6) is 1.33. The molecule has 0 bridgehead atoms. The van der Waals surface area contributed by atoms with Crippen LogP contribution < -0.4 is 10.2 Å². The largest absolute Gasteiger partial charge is 0.380 e. The van der Waals surface area contributed by atoms with Gasteiger partial charge in [-0.05, 0) is 33.1 Å². The summed E-state index contributed by atoms with van der Waals surface area (Å²) in [7, 11) is 0. The van der Waals surface area contributed by atoms with Gasteiger partial charge in [-0.1, -0.05) is 0 Å². The molecule has 2 aliphatic rings. The van der Waals surface area contributed by atoms with Crippen molar-refractivity contribution in [2.45, 2.75) is 45.7 Å². The van der Waals surface area contributed by atoms with Crippen LogP contribution in [0.1, 0.15) is 31.9 Å². The Morgan fingerprint density at radius 3 is 3.12 bits per heavy atom. The van der Waals surface area contributed by atoms with E-state index in [-0.39, 0.29) is 0 Å². The van der Waals surface area contributed by atoms with Crippen LogP contribution in [0, 0.1) is 6.92 Å². The van der Waals surface area contributed by atoms with Crippen molar-refractivity contribution >= 4 is 11.5 Å². The summed E-state index contributed by atoms with van der Waals surface area (Å²) in [6, 6.07) is 0.732. The van der Waals surface area contributed by atoms with E-state index >= 15 is 0 Å². The predicted octanol–water partition coefficient (Wildman–Crippen LogP) is 2.00.